The van der Waals surface area contributed by atoms with Crippen LogP contribution in [0.25, 0.3) is 0 Å². The highest BCUT2D eigenvalue weighted by molar-refractivity contribution is 6.05. The minimum absolute atomic E-state index is 0.130. The van der Waals surface area contributed by atoms with E-state index >= 15 is 0 Å². The molecule has 0 saturated carbocycles. The normalized spacial score (nSPS) is 27.3. The summed E-state index contributed by atoms with van der Waals surface area (Å²) in [5, 5.41) is 12.9. The minimum atomic E-state index is -1.23. The highest BCUT2D eigenvalue weighted by Crippen LogP contribution is 2.59. The number of carbonyl (C=O) groups is 4. The number of benzene rings is 1. The van der Waals surface area contributed by atoms with Gasteiger partial charge in [-0.1, -0.05) is 24.3 Å². The Morgan fingerprint density at radius 2 is 2.00 bits per heavy atom. The maximum atomic E-state index is 14.5. The van der Waals surface area contributed by atoms with Gasteiger partial charge >= 0.3 is 5.97 Å². The summed E-state index contributed by atoms with van der Waals surface area (Å²) in [6, 6.07) is 4.11. The first-order chi connectivity index (χ1) is 20.0. The summed E-state index contributed by atoms with van der Waals surface area (Å²) in [6.45, 7) is 14.7. The molecule has 1 spiro atoms. The van der Waals surface area contributed by atoms with Gasteiger partial charge in [0, 0.05) is 18.7 Å². The van der Waals surface area contributed by atoms with E-state index in [0.29, 0.717) is 31.4 Å². The predicted octanol–water partition coefficient (Wildman–Crippen LogP) is 2.59. The van der Waals surface area contributed by atoms with Crippen LogP contribution >= 0.6 is 0 Å². The quantitative estimate of drug-likeness (QED) is 0.271. The molecule has 42 heavy (non-hydrogen) atoms. The van der Waals surface area contributed by atoms with E-state index in [1.165, 1.54) is 4.90 Å². The van der Waals surface area contributed by atoms with E-state index in [0.717, 1.165) is 11.1 Å². The van der Waals surface area contributed by atoms with Gasteiger partial charge in [-0.25, -0.2) is 0 Å². The Kier molecular flexibility index (Phi) is 9.57. The number of nitrogens with one attached hydrogen (secondary N) is 1. The molecule has 0 aromatic heterocycles. The lowest BCUT2D eigenvalue weighted by Gasteiger charge is -2.38. The molecular weight excluding hydrogens is 538 g/mol. The zero-order valence-electron chi connectivity index (χ0n) is 25.0. The number of amides is 3. The second-order valence-electron chi connectivity index (χ2n) is 11.7. The number of aryl methyl sites for hydroxylation is 2. The van der Waals surface area contributed by atoms with Crippen LogP contribution in [-0.4, -0.2) is 83.3 Å². The van der Waals surface area contributed by atoms with Crippen molar-refractivity contribution in [3.8, 4) is 0 Å². The van der Waals surface area contributed by atoms with Crippen LogP contribution in [0, 0.1) is 25.7 Å². The van der Waals surface area contributed by atoms with Gasteiger partial charge in [0.25, 0.3) is 5.91 Å². The molecule has 4 rings (SSSR count). The Balaban J connectivity index is 1.63. The molecule has 0 aliphatic carbocycles. The summed E-state index contributed by atoms with van der Waals surface area (Å²) in [5.41, 5.74) is 1.34. The number of aliphatic hydroxyl groups excluding tert-OH is 1. The van der Waals surface area contributed by atoms with Crippen molar-refractivity contribution in [2.24, 2.45) is 11.8 Å². The molecule has 2 N–H and O–H groups in total. The zero-order valence-corrected chi connectivity index (χ0v) is 25.0. The van der Waals surface area contributed by atoms with Crippen LogP contribution in [0.3, 0.4) is 0 Å². The lowest BCUT2D eigenvalue weighted by Crippen LogP contribution is -2.58. The van der Waals surface area contributed by atoms with Crippen molar-refractivity contribution in [3.63, 3.8) is 0 Å². The molecule has 3 amide bonds. The fourth-order valence-corrected chi connectivity index (χ4v) is 6.69. The van der Waals surface area contributed by atoms with Crippen molar-refractivity contribution in [2.75, 3.05) is 24.6 Å². The third kappa shape index (κ3) is 5.62. The number of ether oxygens (including phenoxy) is 2. The molecule has 1 aromatic rings. The fourth-order valence-electron chi connectivity index (χ4n) is 6.69. The third-order valence-electron chi connectivity index (χ3n) is 8.70. The average Bonchev–Trinajstić information content (AvgIpc) is 3.61. The summed E-state index contributed by atoms with van der Waals surface area (Å²) in [4.78, 5) is 57.2. The minimum Gasteiger partial charge on any atom is -0.460 e. The number of fused-ring (bicyclic) bond motifs is 1. The van der Waals surface area contributed by atoms with E-state index in [1.807, 2.05) is 32.0 Å². The van der Waals surface area contributed by atoms with Gasteiger partial charge < -0.3 is 29.7 Å². The highest BCUT2D eigenvalue weighted by atomic mass is 16.6. The van der Waals surface area contributed by atoms with Gasteiger partial charge in [0.15, 0.2) is 0 Å². The number of allylic oxidation sites excluding steroid dienone is 1. The Bertz CT molecular complexity index is 1250. The molecule has 3 aliphatic rings. The van der Waals surface area contributed by atoms with Crippen molar-refractivity contribution in [3.05, 3.63) is 54.6 Å². The van der Waals surface area contributed by atoms with Crippen molar-refractivity contribution in [1.29, 1.82) is 0 Å². The monoisotopic (exact) mass is 581 g/mol. The number of carbonyl (C=O) groups excluding carboxylic acids is 4. The molecule has 7 atom stereocenters. The smallest absolute Gasteiger partial charge is 0.312 e. The highest BCUT2D eigenvalue weighted by Gasteiger charge is 2.75. The number of anilines is 1. The summed E-state index contributed by atoms with van der Waals surface area (Å²) < 4.78 is 12.2. The van der Waals surface area contributed by atoms with Crippen LogP contribution in [0.15, 0.2) is 43.5 Å². The van der Waals surface area contributed by atoms with E-state index in [9.17, 15) is 24.3 Å². The first-order valence-corrected chi connectivity index (χ1v) is 14.7. The first kappa shape index (κ1) is 31.4. The summed E-state index contributed by atoms with van der Waals surface area (Å²) >= 11 is 0. The molecule has 228 valence electrons. The number of esters is 1. The molecule has 3 heterocycles. The Morgan fingerprint density at radius 3 is 2.67 bits per heavy atom. The molecule has 3 saturated heterocycles. The molecule has 2 bridgehead atoms. The molecule has 0 unspecified atom stereocenters. The molecule has 3 aliphatic heterocycles. The van der Waals surface area contributed by atoms with Gasteiger partial charge in [0.2, 0.25) is 11.8 Å². The Hall–Kier alpha value is -3.50. The fraction of sp³-hybridized carbons (Fsp3) is 0.562. The van der Waals surface area contributed by atoms with E-state index in [2.05, 4.69) is 18.5 Å². The van der Waals surface area contributed by atoms with Gasteiger partial charge in [-0.3, -0.25) is 19.2 Å². The van der Waals surface area contributed by atoms with Gasteiger partial charge in [-0.2, -0.15) is 0 Å². The van der Waals surface area contributed by atoms with E-state index in [4.69, 9.17) is 9.47 Å². The lowest BCUT2D eigenvalue weighted by atomic mass is 9.70. The molecule has 0 radical (unpaired) electrons. The standard InChI is InChI=1S/C32H43N3O7/c1-7-9-10-25(37)33-17-22(6)41-31(40)26-24-13-14-32(42-24)27(26)29(38)35(21(5)18-36)28(32)30(39)34(15-8-2)23-16-19(3)11-12-20(23)4/h7-8,11-12,16,21-22,24,26-28,36H,1-2,9-10,13-15,17-18H2,3-6H3,(H,33,37)/t21-,22+,24-,26+,27+,28-,32+/m1/s1. The lowest BCUT2D eigenvalue weighted by molar-refractivity contribution is -0.159. The van der Waals surface area contributed by atoms with Gasteiger partial charge in [-0.15, -0.1) is 13.2 Å². The van der Waals surface area contributed by atoms with Crippen LogP contribution < -0.4 is 10.2 Å². The number of hydrogen-bond donors (Lipinski definition) is 2. The van der Waals surface area contributed by atoms with Crippen LogP contribution in [-0.2, 0) is 28.7 Å². The topological polar surface area (TPSA) is 125 Å². The van der Waals surface area contributed by atoms with Gasteiger partial charge in [0.05, 0.1) is 37.1 Å². The maximum absolute atomic E-state index is 14.5. The number of nitrogens with zero attached hydrogens (tertiary/aromatic N) is 2. The maximum Gasteiger partial charge on any atom is 0.312 e. The van der Waals surface area contributed by atoms with Gasteiger partial charge in [-0.05, 0) is 64.2 Å². The van der Waals surface area contributed by atoms with Crippen molar-refractivity contribution in [2.45, 2.75) is 83.3 Å². The Labute approximate surface area is 247 Å². The third-order valence-corrected chi connectivity index (χ3v) is 8.70. The summed E-state index contributed by atoms with van der Waals surface area (Å²) in [6.07, 6.45) is 3.84. The van der Waals surface area contributed by atoms with E-state index in [1.54, 1.807) is 30.9 Å². The molecular formula is C32H43N3O7. The first-order valence-electron chi connectivity index (χ1n) is 14.7. The van der Waals surface area contributed by atoms with Crippen LogP contribution in [0.5, 0.6) is 0 Å². The largest absolute Gasteiger partial charge is 0.460 e. The van der Waals surface area contributed by atoms with Crippen LogP contribution in [0.1, 0.15) is 50.7 Å². The second-order valence-corrected chi connectivity index (χ2v) is 11.7. The van der Waals surface area contributed by atoms with Crippen LogP contribution in [0.4, 0.5) is 5.69 Å². The van der Waals surface area contributed by atoms with Crippen molar-refractivity contribution < 1.29 is 33.8 Å². The number of rotatable bonds is 13. The van der Waals surface area contributed by atoms with Gasteiger partial charge in [0.1, 0.15) is 17.7 Å². The number of likely N-dealkylation sites (tertiary alicyclic amines) is 1. The van der Waals surface area contributed by atoms with E-state index in [-0.39, 0.29) is 31.5 Å². The number of aliphatic hydroxyl groups is 1. The molecule has 1 aromatic carbocycles. The zero-order chi connectivity index (χ0) is 30.8. The average molecular weight is 582 g/mol. The summed E-state index contributed by atoms with van der Waals surface area (Å²) in [5.74, 6) is -3.33. The number of hydrogen-bond acceptors (Lipinski definition) is 7. The molecule has 3 fully saturated rings. The molecule has 10 nitrogen and oxygen atoms in total. The second kappa shape index (κ2) is 12.8. The molecule has 10 heteroatoms. The predicted molar refractivity (Wildman–Crippen MR) is 157 cm³/mol. The Morgan fingerprint density at radius 1 is 1.26 bits per heavy atom. The van der Waals surface area contributed by atoms with E-state index < -0.39 is 53.6 Å². The van der Waals surface area contributed by atoms with Crippen molar-refractivity contribution >= 4 is 29.4 Å². The van der Waals surface area contributed by atoms with Crippen molar-refractivity contribution in [1.82, 2.24) is 10.2 Å². The van der Waals surface area contributed by atoms with Crippen LogP contribution in [0.2, 0.25) is 0 Å². The summed E-state index contributed by atoms with van der Waals surface area (Å²) in [7, 11) is 0. The SMILES string of the molecule is C=CCCC(=O)NC[C@H](C)OC(=O)[C@@H]1[C@H]2C(=O)N([C@H](C)CO)[C@H](C(=O)N(CC=C)c3cc(C)ccc3C)[C@]23CC[C@H]1O3.